The Hall–Kier alpha value is -0.120. The molecular weight excluding hydrogens is 162 g/mol. The van der Waals surface area contributed by atoms with Crippen LogP contribution in [0, 0.1) is 0 Å². The van der Waals surface area contributed by atoms with Crippen LogP contribution in [-0.4, -0.2) is 31.7 Å². The summed E-state index contributed by atoms with van der Waals surface area (Å²) in [6, 6.07) is 1.36. The summed E-state index contributed by atoms with van der Waals surface area (Å²) in [5.41, 5.74) is 5.47. The number of piperidine rings is 1. The van der Waals surface area contributed by atoms with Crippen molar-refractivity contribution in [1.29, 1.82) is 0 Å². The number of hydrogen-bond donors (Lipinski definition) is 3. The molecule has 1 heterocycles. The molecule has 1 fully saturated rings. The van der Waals surface area contributed by atoms with E-state index in [4.69, 9.17) is 5.73 Å². The molecule has 0 aromatic carbocycles. The second kappa shape index (κ2) is 6.35. The second-order valence-electron chi connectivity index (χ2n) is 4.02. The van der Waals surface area contributed by atoms with Crippen LogP contribution in [0.2, 0.25) is 0 Å². The Morgan fingerprint density at radius 3 is 2.77 bits per heavy atom. The summed E-state index contributed by atoms with van der Waals surface area (Å²) in [4.78, 5) is 0. The van der Waals surface area contributed by atoms with Gasteiger partial charge >= 0.3 is 0 Å². The van der Waals surface area contributed by atoms with Gasteiger partial charge in [-0.25, -0.2) is 0 Å². The fraction of sp³-hybridized carbons (Fsp3) is 1.00. The van der Waals surface area contributed by atoms with E-state index < -0.39 is 0 Å². The van der Waals surface area contributed by atoms with Gasteiger partial charge in [-0.3, -0.25) is 0 Å². The van der Waals surface area contributed by atoms with Gasteiger partial charge in [0.05, 0.1) is 0 Å². The van der Waals surface area contributed by atoms with Gasteiger partial charge in [-0.05, 0) is 52.2 Å². The molecule has 1 aliphatic heterocycles. The minimum absolute atomic E-state index is 0.631. The molecular formula is C10H23N3. The number of nitrogens with two attached hydrogens (primary N) is 1. The van der Waals surface area contributed by atoms with Gasteiger partial charge < -0.3 is 16.4 Å². The van der Waals surface area contributed by atoms with E-state index in [1.807, 2.05) is 0 Å². The summed E-state index contributed by atoms with van der Waals surface area (Å²) in [5.74, 6) is 0. The second-order valence-corrected chi connectivity index (χ2v) is 4.02. The van der Waals surface area contributed by atoms with Crippen molar-refractivity contribution >= 4 is 0 Å². The maximum atomic E-state index is 5.47. The third-order valence-corrected chi connectivity index (χ3v) is 2.70. The van der Waals surface area contributed by atoms with Crippen molar-refractivity contribution in [2.45, 2.75) is 44.7 Å². The Bertz CT molecular complexity index is 121. The van der Waals surface area contributed by atoms with Crippen LogP contribution >= 0.6 is 0 Å². The van der Waals surface area contributed by atoms with E-state index in [-0.39, 0.29) is 0 Å². The van der Waals surface area contributed by atoms with E-state index >= 15 is 0 Å². The molecule has 0 aliphatic carbocycles. The van der Waals surface area contributed by atoms with Crippen LogP contribution in [0.25, 0.3) is 0 Å². The van der Waals surface area contributed by atoms with Crippen LogP contribution < -0.4 is 16.4 Å². The lowest BCUT2D eigenvalue weighted by Crippen LogP contribution is -2.43. The van der Waals surface area contributed by atoms with Crippen molar-refractivity contribution in [3.05, 3.63) is 0 Å². The minimum Gasteiger partial charge on any atom is -0.330 e. The molecule has 1 rings (SSSR count). The molecule has 0 saturated carbocycles. The lowest BCUT2D eigenvalue weighted by Gasteiger charge is -2.27. The Balaban J connectivity index is 2.07. The topological polar surface area (TPSA) is 50.1 Å². The zero-order valence-corrected chi connectivity index (χ0v) is 8.68. The highest BCUT2D eigenvalue weighted by atomic mass is 15.0. The molecule has 3 nitrogen and oxygen atoms in total. The summed E-state index contributed by atoms with van der Waals surface area (Å²) in [5, 5.41) is 7.03. The van der Waals surface area contributed by atoms with Crippen molar-refractivity contribution in [3.63, 3.8) is 0 Å². The molecule has 0 amide bonds. The third-order valence-electron chi connectivity index (χ3n) is 2.70. The van der Waals surface area contributed by atoms with Crippen LogP contribution in [0.4, 0.5) is 0 Å². The van der Waals surface area contributed by atoms with Crippen molar-refractivity contribution in [3.8, 4) is 0 Å². The van der Waals surface area contributed by atoms with Crippen molar-refractivity contribution in [2.75, 3.05) is 19.6 Å². The smallest absolute Gasteiger partial charge is 0.00937 e. The van der Waals surface area contributed by atoms with E-state index in [9.17, 15) is 0 Å². The SMILES string of the molecule is CC(CCCN)NC1CCNCC1. The summed E-state index contributed by atoms with van der Waals surface area (Å²) >= 11 is 0. The first-order chi connectivity index (χ1) is 6.33. The third kappa shape index (κ3) is 4.60. The molecule has 13 heavy (non-hydrogen) atoms. The van der Waals surface area contributed by atoms with Crippen molar-refractivity contribution in [2.24, 2.45) is 5.73 Å². The molecule has 0 aromatic rings. The fourth-order valence-corrected chi connectivity index (χ4v) is 1.90. The zero-order chi connectivity index (χ0) is 9.52. The molecule has 1 saturated heterocycles. The first-order valence-electron chi connectivity index (χ1n) is 5.49. The highest BCUT2D eigenvalue weighted by molar-refractivity contribution is 4.77. The predicted octanol–water partition coefficient (Wildman–Crippen LogP) is 0.455. The van der Waals surface area contributed by atoms with Crippen LogP contribution in [-0.2, 0) is 0 Å². The van der Waals surface area contributed by atoms with Crippen LogP contribution in [0.3, 0.4) is 0 Å². The number of nitrogens with one attached hydrogen (secondary N) is 2. The molecule has 1 aliphatic rings. The van der Waals surface area contributed by atoms with Gasteiger partial charge in [-0.15, -0.1) is 0 Å². The molecule has 4 N–H and O–H groups in total. The van der Waals surface area contributed by atoms with E-state index in [0.717, 1.165) is 19.0 Å². The lowest BCUT2D eigenvalue weighted by molar-refractivity contribution is 0.345. The first kappa shape index (κ1) is 11.0. The van der Waals surface area contributed by atoms with E-state index in [2.05, 4.69) is 17.6 Å². The van der Waals surface area contributed by atoms with Gasteiger partial charge in [0.25, 0.3) is 0 Å². The maximum Gasteiger partial charge on any atom is 0.00937 e. The lowest BCUT2D eigenvalue weighted by atomic mass is 10.0. The molecule has 0 bridgehead atoms. The Labute approximate surface area is 81.5 Å². The number of rotatable bonds is 5. The Morgan fingerprint density at radius 2 is 2.15 bits per heavy atom. The van der Waals surface area contributed by atoms with Gasteiger partial charge in [-0.2, -0.15) is 0 Å². The molecule has 3 heteroatoms. The van der Waals surface area contributed by atoms with Crippen LogP contribution in [0.1, 0.15) is 32.6 Å². The largest absolute Gasteiger partial charge is 0.330 e. The normalized spacial score (nSPS) is 21.7. The average molecular weight is 185 g/mol. The van der Waals surface area contributed by atoms with Crippen LogP contribution in [0.15, 0.2) is 0 Å². The maximum absolute atomic E-state index is 5.47. The predicted molar refractivity (Wildman–Crippen MR) is 56.8 cm³/mol. The fourth-order valence-electron chi connectivity index (χ4n) is 1.90. The van der Waals surface area contributed by atoms with Crippen LogP contribution in [0.5, 0.6) is 0 Å². The van der Waals surface area contributed by atoms with Gasteiger partial charge in [-0.1, -0.05) is 0 Å². The molecule has 1 unspecified atom stereocenters. The molecule has 78 valence electrons. The summed E-state index contributed by atoms with van der Waals surface area (Å²) in [6.07, 6.45) is 4.89. The quantitative estimate of drug-likeness (QED) is 0.583. The van der Waals surface area contributed by atoms with E-state index in [0.29, 0.717) is 6.04 Å². The standard InChI is InChI=1S/C10H23N3/c1-9(3-2-6-11)13-10-4-7-12-8-5-10/h9-10,12-13H,2-8,11H2,1H3. The Kier molecular flexibility index (Phi) is 5.35. The summed E-state index contributed by atoms with van der Waals surface area (Å²) in [6.45, 7) is 5.42. The van der Waals surface area contributed by atoms with Crippen molar-refractivity contribution < 1.29 is 0 Å². The van der Waals surface area contributed by atoms with Gasteiger partial charge in [0.2, 0.25) is 0 Å². The summed E-state index contributed by atoms with van der Waals surface area (Å²) in [7, 11) is 0. The van der Waals surface area contributed by atoms with Crippen molar-refractivity contribution in [1.82, 2.24) is 10.6 Å². The van der Waals surface area contributed by atoms with Gasteiger partial charge in [0.15, 0.2) is 0 Å². The zero-order valence-electron chi connectivity index (χ0n) is 8.68. The first-order valence-corrected chi connectivity index (χ1v) is 5.49. The minimum atomic E-state index is 0.631. The van der Waals surface area contributed by atoms with Gasteiger partial charge in [0.1, 0.15) is 0 Å². The average Bonchev–Trinajstić information content (AvgIpc) is 2.16. The van der Waals surface area contributed by atoms with Gasteiger partial charge in [0, 0.05) is 12.1 Å². The highest BCUT2D eigenvalue weighted by Gasteiger charge is 2.14. The molecule has 0 radical (unpaired) electrons. The Morgan fingerprint density at radius 1 is 1.46 bits per heavy atom. The molecule has 0 aromatic heterocycles. The highest BCUT2D eigenvalue weighted by Crippen LogP contribution is 2.05. The van der Waals surface area contributed by atoms with E-state index in [1.54, 1.807) is 0 Å². The molecule has 1 atom stereocenters. The van der Waals surface area contributed by atoms with E-state index in [1.165, 1.54) is 32.4 Å². The monoisotopic (exact) mass is 185 g/mol. The summed E-state index contributed by atoms with van der Waals surface area (Å²) < 4.78 is 0. The molecule has 0 spiro atoms. The number of hydrogen-bond acceptors (Lipinski definition) is 3.